The lowest BCUT2D eigenvalue weighted by molar-refractivity contribution is -0.386. The molecule has 3 heterocycles. The van der Waals surface area contributed by atoms with Gasteiger partial charge in [0.1, 0.15) is 24.2 Å². The molecule has 12 nitrogen and oxygen atoms in total. The molecule has 0 bridgehead atoms. The van der Waals surface area contributed by atoms with E-state index < -0.39 is 11.0 Å². The lowest BCUT2D eigenvalue weighted by Crippen LogP contribution is -2.34. The van der Waals surface area contributed by atoms with E-state index in [1.165, 1.54) is 25.4 Å². The van der Waals surface area contributed by atoms with Gasteiger partial charge in [-0.05, 0) is 27.1 Å². The average Bonchev–Trinajstić information content (AvgIpc) is 3.33. The van der Waals surface area contributed by atoms with E-state index in [2.05, 4.69) is 19.9 Å². The number of benzene rings is 2. The van der Waals surface area contributed by atoms with Crippen molar-refractivity contribution in [1.29, 1.82) is 0 Å². The van der Waals surface area contributed by atoms with Crippen LogP contribution >= 0.6 is 11.6 Å². The Morgan fingerprint density at radius 1 is 1.29 bits per heavy atom. The molecule has 0 spiro atoms. The third kappa shape index (κ3) is 6.35. The highest BCUT2D eigenvalue weighted by Crippen LogP contribution is 2.41. The number of nitro groups is 1. The van der Waals surface area contributed by atoms with Crippen LogP contribution in [0.3, 0.4) is 0 Å². The maximum absolute atomic E-state index is 12.1. The van der Waals surface area contributed by atoms with E-state index in [4.69, 9.17) is 30.5 Å². The zero-order valence-corrected chi connectivity index (χ0v) is 24.0. The van der Waals surface area contributed by atoms with Gasteiger partial charge in [-0.25, -0.2) is 9.97 Å². The first kappa shape index (κ1) is 30.8. The van der Waals surface area contributed by atoms with E-state index in [0.29, 0.717) is 48.5 Å². The highest BCUT2D eigenvalue weighted by Gasteiger charge is 2.25. The summed E-state index contributed by atoms with van der Waals surface area (Å²) in [5.74, 6) is 1.38. The van der Waals surface area contributed by atoms with Gasteiger partial charge in [0.15, 0.2) is 0 Å². The lowest BCUT2D eigenvalue weighted by Gasteiger charge is -2.23. The van der Waals surface area contributed by atoms with E-state index in [9.17, 15) is 10.1 Å². The smallest absolute Gasteiger partial charge is 0.313 e. The molecule has 1 N–H and O–H groups in total. The summed E-state index contributed by atoms with van der Waals surface area (Å²) in [6.07, 6.45) is 3.06. The van der Waals surface area contributed by atoms with E-state index in [1.807, 2.05) is 50.3 Å². The molecule has 0 aliphatic carbocycles. The predicted molar refractivity (Wildman–Crippen MR) is 163 cm³/mol. The van der Waals surface area contributed by atoms with Gasteiger partial charge in [0.2, 0.25) is 11.7 Å². The molecule has 1 atom stereocenters. The van der Waals surface area contributed by atoms with Gasteiger partial charge in [0.25, 0.3) is 0 Å². The molecule has 224 valence electrons. The molecule has 0 unspecified atom stereocenters. The number of nitrogens with zero attached hydrogens (tertiary/aromatic N) is 5. The summed E-state index contributed by atoms with van der Waals surface area (Å²) < 4.78 is 25.1. The van der Waals surface area contributed by atoms with Crippen LogP contribution in [-0.4, -0.2) is 78.0 Å². The molecule has 0 radical (unpaired) electrons. The molecule has 0 saturated heterocycles. The number of nitrogens with one attached hydrogen (secondary N) is 1. The maximum Gasteiger partial charge on any atom is 0.313 e. The summed E-state index contributed by atoms with van der Waals surface area (Å²) in [7, 11) is 5.25. The van der Waals surface area contributed by atoms with Crippen LogP contribution in [0.4, 0.5) is 17.3 Å². The second kappa shape index (κ2) is 13.2. The summed E-state index contributed by atoms with van der Waals surface area (Å²) >= 11 is 6.57. The van der Waals surface area contributed by atoms with Crippen molar-refractivity contribution in [3.63, 3.8) is 0 Å². The van der Waals surface area contributed by atoms with Gasteiger partial charge in [-0.3, -0.25) is 10.1 Å². The molecule has 0 amide bonds. The number of nitro benzene ring substituents is 1. The molecule has 2 aromatic carbocycles. The van der Waals surface area contributed by atoms with Crippen molar-refractivity contribution in [2.45, 2.75) is 27.0 Å². The Kier molecular flexibility index (Phi) is 9.71. The summed E-state index contributed by atoms with van der Waals surface area (Å²) in [6, 6.07) is 8.68. The van der Waals surface area contributed by atoms with Crippen molar-refractivity contribution in [2.75, 3.05) is 52.9 Å². The Hall–Kier alpha value is -4.13. The number of aromatic nitrogens is 3. The Bertz CT molecular complexity index is 1580. The predicted octanol–water partition coefficient (Wildman–Crippen LogP) is 5.79. The van der Waals surface area contributed by atoms with E-state index in [0.717, 1.165) is 22.2 Å². The van der Waals surface area contributed by atoms with Gasteiger partial charge < -0.3 is 33.7 Å². The van der Waals surface area contributed by atoms with Crippen LogP contribution < -0.4 is 19.5 Å². The first-order valence-corrected chi connectivity index (χ1v) is 13.5. The average molecular weight is 599 g/mol. The molecule has 5 rings (SSSR count). The van der Waals surface area contributed by atoms with Gasteiger partial charge >= 0.3 is 5.69 Å². The molecule has 2 aromatic heterocycles. The summed E-state index contributed by atoms with van der Waals surface area (Å²) in [5, 5.41) is 16.4. The van der Waals surface area contributed by atoms with Gasteiger partial charge in [-0.2, -0.15) is 0 Å². The lowest BCUT2D eigenvalue weighted by atomic mass is 10.1. The van der Waals surface area contributed by atoms with Crippen molar-refractivity contribution >= 4 is 39.8 Å². The topological polar surface area (TPSA) is 126 Å². The number of anilines is 2. The highest BCUT2D eigenvalue weighted by molar-refractivity contribution is 6.33. The Balaban J connectivity index is 0.00000405. The van der Waals surface area contributed by atoms with Crippen LogP contribution in [0.2, 0.25) is 5.02 Å². The molecule has 13 heteroatoms. The maximum atomic E-state index is 12.1. The largest absolute Gasteiger partial charge is 0.494 e. The van der Waals surface area contributed by atoms with Crippen molar-refractivity contribution in [2.24, 2.45) is 0 Å². The minimum atomic E-state index is -0.503. The fourth-order valence-electron chi connectivity index (χ4n) is 4.81. The summed E-state index contributed by atoms with van der Waals surface area (Å²) in [5.41, 5.74) is 2.37. The number of methoxy groups -OCH3 is 1. The zero-order chi connectivity index (χ0) is 29.1. The van der Waals surface area contributed by atoms with Crippen LogP contribution in [-0.2, 0) is 11.3 Å². The Morgan fingerprint density at radius 2 is 2.10 bits per heavy atom. The highest BCUT2D eigenvalue weighted by atomic mass is 35.5. The van der Waals surface area contributed by atoms with Crippen LogP contribution in [0.15, 0.2) is 42.7 Å². The monoisotopic (exact) mass is 598 g/mol. The molecule has 42 heavy (non-hydrogen) atoms. The molecule has 1 aliphatic rings. The second-order valence-electron chi connectivity index (χ2n) is 9.69. The second-order valence-corrected chi connectivity index (χ2v) is 10.1. The fraction of sp³-hybridized carbons (Fsp3) is 0.379. The van der Waals surface area contributed by atoms with Gasteiger partial charge in [-0.1, -0.05) is 31.2 Å². The standard InChI is InChI=1S/C28H31ClN6O6.CH4/c1-5-39-16-17(14-33(2)3)41-25-12-24(38-4)21(11-22(25)35(36)37)31-28-30-13-20(29)26(32-28)19-15-34-9-10-40-23-8-6-7-18(19)27(23)34;/h6-8,11-13,15,17H,5,9-10,14,16H2,1-4H3,(H,30,31,32);1H4/t17-;/m0./s1. The Morgan fingerprint density at radius 3 is 2.81 bits per heavy atom. The first-order valence-electron chi connectivity index (χ1n) is 13.1. The van der Waals surface area contributed by atoms with Crippen LogP contribution in [0.25, 0.3) is 22.2 Å². The van der Waals surface area contributed by atoms with Crippen LogP contribution in [0.5, 0.6) is 17.2 Å². The molecule has 1 aliphatic heterocycles. The van der Waals surface area contributed by atoms with E-state index >= 15 is 0 Å². The Labute approximate surface area is 249 Å². The number of hydrogen-bond acceptors (Lipinski definition) is 10. The van der Waals surface area contributed by atoms with Crippen LogP contribution in [0.1, 0.15) is 14.4 Å². The minimum absolute atomic E-state index is 0. The van der Waals surface area contributed by atoms with E-state index in [-0.39, 0.29) is 31.4 Å². The quantitative estimate of drug-likeness (QED) is 0.158. The zero-order valence-electron chi connectivity index (χ0n) is 23.2. The summed E-state index contributed by atoms with van der Waals surface area (Å²) in [4.78, 5) is 22.5. The molecular formula is C29H35ClN6O6. The molecule has 0 saturated carbocycles. The van der Waals surface area contributed by atoms with Gasteiger partial charge in [-0.15, -0.1) is 0 Å². The van der Waals surface area contributed by atoms with Crippen molar-refractivity contribution < 1.29 is 23.9 Å². The molecule has 4 aromatic rings. The molecule has 0 fully saturated rings. The third-order valence-corrected chi connectivity index (χ3v) is 6.82. The third-order valence-electron chi connectivity index (χ3n) is 6.54. The molecular weight excluding hydrogens is 564 g/mol. The van der Waals surface area contributed by atoms with Crippen molar-refractivity contribution in [1.82, 2.24) is 19.4 Å². The fourth-order valence-corrected chi connectivity index (χ4v) is 5.00. The number of para-hydroxylation sites is 1. The number of halogens is 1. The minimum Gasteiger partial charge on any atom is -0.494 e. The number of hydrogen-bond donors (Lipinski definition) is 1. The van der Waals surface area contributed by atoms with Gasteiger partial charge in [0.05, 0.1) is 53.3 Å². The van der Waals surface area contributed by atoms with Crippen LogP contribution in [0, 0.1) is 10.1 Å². The summed E-state index contributed by atoms with van der Waals surface area (Å²) in [6.45, 7) is 4.44. The van der Waals surface area contributed by atoms with Crippen molar-refractivity contribution in [3.05, 3.63) is 57.9 Å². The van der Waals surface area contributed by atoms with Crippen molar-refractivity contribution in [3.8, 4) is 28.5 Å². The number of ether oxygens (including phenoxy) is 4. The first-order chi connectivity index (χ1) is 19.8. The van der Waals surface area contributed by atoms with Gasteiger partial charge in [0, 0.05) is 42.4 Å². The number of likely N-dealkylation sites (N-methyl/N-ethyl adjacent to an activating group) is 1. The van der Waals surface area contributed by atoms with E-state index in [1.54, 1.807) is 0 Å². The SMILES string of the molecule is C.CCOC[C@H](CN(C)C)Oc1cc(OC)c(Nc2ncc(Cl)c(-c3cn4c5c(cccc35)OCC4)n2)cc1[N+](=O)[O-]. The number of rotatable bonds is 12. The normalized spacial score (nSPS) is 12.9.